The molecule has 84 valence electrons. The summed E-state index contributed by atoms with van der Waals surface area (Å²) in [5.74, 6) is 0.683. The predicted molar refractivity (Wildman–Crippen MR) is 64.7 cm³/mol. The van der Waals surface area contributed by atoms with Crippen LogP contribution in [0.3, 0.4) is 0 Å². The van der Waals surface area contributed by atoms with Crippen molar-refractivity contribution in [2.75, 3.05) is 19.8 Å². The van der Waals surface area contributed by atoms with Gasteiger partial charge in [0.25, 0.3) is 0 Å². The van der Waals surface area contributed by atoms with E-state index in [-0.39, 0.29) is 0 Å². The molecule has 0 amide bonds. The van der Waals surface area contributed by atoms with Crippen molar-refractivity contribution >= 4 is 22.9 Å². The molecule has 1 aromatic heterocycles. The third-order valence-electron chi connectivity index (χ3n) is 2.76. The van der Waals surface area contributed by atoms with Crippen molar-refractivity contribution in [2.45, 2.75) is 19.4 Å². The Bertz CT molecular complexity index is 309. The molecule has 0 bridgehead atoms. The monoisotopic (exact) mass is 245 g/mol. The summed E-state index contributed by atoms with van der Waals surface area (Å²) in [7, 11) is 0. The van der Waals surface area contributed by atoms with Crippen LogP contribution in [0.25, 0.3) is 0 Å². The summed E-state index contributed by atoms with van der Waals surface area (Å²) in [6.07, 6.45) is 1.19. The number of hydrogen-bond donors (Lipinski definition) is 1. The van der Waals surface area contributed by atoms with Gasteiger partial charge in [-0.25, -0.2) is 0 Å². The Labute approximate surface area is 99.6 Å². The van der Waals surface area contributed by atoms with Gasteiger partial charge < -0.3 is 10.1 Å². The second-order valence-electron chi connectivity index (χ2n) is 4.00. The van der Waals surface area contributed by atoms with Gasteiger partial charge in [-0.1, -0.05) is 11.6 Å². The lowest BCUT2D eigenvalue weighted by Gasteiger charge is -2.14. The summed E-state index contributed by atoms with van der Waals surface area (Å²) in [6, 6.07) is 4.44. The van der Waals surface area contributed by atoms with E-state index in [1.165, 1.54) is 11.3 Å². The summed E-state index contributed by atoms with van der Waals surface area (Å²) in [6.45, 7) is 5.05. The first-order valence-electron chi connectivity index (χ1n) is 5.32. The van der Waals surface area contributed by atoms with Crippen molar-refractivity contribution in [2.24, 2.45) is 5.92 Å². The second kappa shape index (κ2) is 5.30. The average molecular weight is 246 g/mol. The molecule has 1 N–H and O–H groups in total. The molecular weight excluding hydrogens is 230 g/mol. The summed E-state index contributed by atoms with van der Waals surface area (Å²) < 4.78 is 6.20. The van der Waals surface area contributed by atoms with Crippen molar-refractivity contribution in [3.05, 3.63) is 21.3 Å². The van der Waals surface area contributed by atoms with Crippen LogP contribution >= 0.6 is 22.9 Å². The maximum Gasteiger partial charge on any atom is 0.0931 e. The molecule has 0 saturated carbocycles. The van der Waals surface area contributed by atoms with E-state index in [1.54, 1.807) is 11.3 Å². The van der Waals surface area contributed by atoms with Crippen LogP contribution in [-0.2, 0) is 4.74 Å². The Hall–Kier alpha value is -0.0900. The zero-order chi connectivity index (χ0) is 10.7. The van der Waals surface area contributed by atoms with E-state index >= 15 is 0 Å². The quantitative estimate of drug-likeness (QED) is 0.880. The van der Waals surface area contributed by atoms with Crippen molar-refractivity contribution in [3.8, 4) is 0 Å². The number of rotatable bonds is 4. The molecule has 15 heavy (non-hydrogen) atoms. The van der Waals surface area contributed by atoms with E-state index in [0.717, 1.165) is 24.1 Å². The SMILES string of the molecule is CC(NCC1CCOC1)c1ccc(Cl)s1. The number of ether oxygens (including phenoxy) is 1. The van der Waals surface area contributed by atoms with E-state index in [2.05, 4.69) is 18.3 Å². The third kappa shape index (κ3) is 3.18. The number of hydrogen-bond acceptors (Lipinski definition) is 3. The van der Waals surface area contributed by atoms with Gasteiger partial charge in [0.1, 0.15) is 0 Å². The van der Waals surface area contributed by atoms with Crippen LogP contribution < -0.4 is 5.32 Å². The van der Waals surface area contributed by atoms with Crippen LogP contribution in [0.1, 0.15) is 24.3 Å². The molecule has 2 rings (SSSR count). The number of halogens is 1. The highest BCUT2D eigenvalue weighted by molar-refractivity contribution is 7.16. The van der Waals surface area contributed by atoms with E-state index < -0.39 is 0 Å². The van der Waals surface area contributed by atoms with Crippen molar-refractivity contribution in [1.82, 2.24) is 5.32 Å². The van der Waals surface area contributed by atoms with Gasteiger partial charge in [-0.05, 0) is 31.4 Å². The Morgan fingerprint density at radius 1 is 1.67 bits per heavy atom. The molecular formula is C11H16ClNOS. The molecule has 1 saturated heterocycles. The molecule has 0 aromatic carbocycles. The van der Waals surface area contributed by atoms with Gasteiger partial charge in [-0.3, -0.25) is 0 Å². The van der Waals surface area contributed by atoms with Crippen LogP contribution in [0.4, 0.5) is 0 Å². The molecule has 1 aliphatic rings. The number of nitrogens with one attached hydrogen (secondary N) is 1. The van der Waals surface area contributed by atoms with E-state index in [1.807, 2.05) is 6.07 Å². The van der Waals surface area contributed by atoms with E-state index in [9.17, 15) is 0 Å². The van der Waals surface area contributed by atoms with Crippen LogP contribution in [0.5, 0.6) is 0 Å². The molecule has 1 aliphatic heterocycles. The smallest absolute Gasteiger partial charge is 0.0931 e. The highest BCUT2D eigenvalue weighted by Gasteiger charge is 2.16. The third-order valence-corrected chi connectivity index (χ3v) is 4.17. The average Bonchev–Trinajstić information content (AvgIpc) is 2.84. The second-order valence-corrected chi connectivity index (χ2v) is 5.75. The lowest BCUT2D eigenvalue weighted by molar-refractivity contribution is 0.184. The normalized spacial score (nSPS) is 23.2. The predicted octanol–water partition coefficient (Wildman–Crippen LogP) is 3.09. The largest absolute Gasteiger partial charge is 0.381 e. The summed E-state index contributed by atoms with van der Waals surface area (Å²) in [5, 5.41) is 3.53. The first kappa shape index (κ1) is 11.4. The molecule has 4 heteroatoms. The van der Waals surface area contributed by atoms with Crippen LogP contribution in [-0.4, -0.2) is 19.8 Å². The van der Waals surface area contributed by atoms with Gasteiger partial charge in [0, 0.05) is 24.1 Å². The minimum Gasteiger partial charge on any atom is -0.381 e. The van der Waals surface area contributed by atoms with E-state index in [0.29, 0.717) is 12.0 Å². The first-order chi connectivity index (χ1) is 7.25. The van der Waals surface area contributed by atoms with Gasteiger partial charge in [0.15, 0.2) is 0 Å². The molecule has 2 nitrogen and oxygen atoms in total. The van der Waals surface area contributed by atoms with Gasteiger partial charge in [0.2, 0.25) is 0 Å². The highest BCUT2D eigenvalue weighted by Crippen LogP contribution is 2.26. The van der Waals surface area contributed by atoms with Gasteiger partial charge >= 0.3 is 0 Å². The highest BCUT2D eigenvalue weighted by atomic mass is 35.5. The molecule has 2 atom stereocenters. The van der Waals surface area contributed by atoms with Crippen molar-refractivity contribution in [1.29, 1.82) is 0 Å². The first-order valence-corrected chi connectivity index (χ1v) is 6.51. The van der Waals surface area contributed by atoms with Crippen molar-refractivity contribution < 1.29 is 4.74 Å². The standard InChI is InChI=1S/C11H16ClNOS/c1-8(10-2-3-11(12)15-10)13-6-9-4-5-14-7-9/h2-3,8-9,13H,4-7H2,1H3. The van der Waals surface area contributed by atoms with Crippen LogP contribution in [0.15, 0.2) is 12.1 Å². The Kier molecular flexibility index (Phi) is 4.03. The number of thiophene rings is 1. The fourth-order valence-electron chi connectivity index (χ4n) is 1.75. The molecule has 0 radical (unpaired) electrons. The summed E-state index contributed by atoms with van der Waals surface area (Å²) in [5.41, 5.74) is 0. The topological polar surface area (TPSA) is 21.3 Å². The van der Waals surface area contributed by atoms with Gasteiger partial charge in [-0.15, -0.1) is 11.3 Å². The molecule has 1 aromatic rings. The van der Waals surface area contributed by atoms with Gasteiger partial charge in [-0.2, -0.15) is 0 Å². The molecule has 0 spiro atoms. The zero-order valence-electron chi connectivity index (χ0n) is 8.83. The fourth-order valence-corrected chi connectivity index (χ4v) is 2.84. The molecule has 2 heterocycles. The Morgan fingerprint density at radius 2 is 2.53 bits per heavy atom. The fraction of sp³-hybridized carbons (Fsp3) is 0.636. The maximum absolute atomic E-state index is 5.90. The summed E-state index contributed by atoms with van der Waals surface area (Å²) in [4.78, 5) is 1.30. The minimum absolute atomic E-state index is 0.392. The van der Waals surface area contributed by atoms with Crippen LogP contribution in [0, 0.1) is 5.92 Å². The Morgan fingerprint density at radius 3 is 3.13 bits per heavy atom. The Balaban J connectivity index is 1.79. The maximum atomic E-state index is 5.90. The summed E-state index contributed by atoms with van der Waals surface area (Å²) >= 11 is 7.55. The molecule has 2 unspecified atom stereocenters. The van der Waals surface area contributed by atoms with Gasteiger partial charge in [0.05, 0.1) is 10.9 Å². The zero-order valence-corrected chi connectivity index (χ0v) is 10.4. The molecule has 0 aliphatic carbocycles. The van der Waals surface area contributed by atoms with Crippen LogP contribution in [0.2, 0.25) is 4.34 Å². The molecule has 1 fully saturated rings. The lowest BCUT2D eigenvalue weighted by atomic mass is 10.1. The van der Waals surface area contributed by atoms with E-state index in [4.69, 9.17) is 16.3 Å². The van der Waals surface area contributed by atoms with Crippen molar-refractivity contribution in [3.63, 3.8) is 0 Å². The lowest BCUT2D eigenvalue weighted by Crippen LogP contribution is -2.25. The minimum atomic E-state index is 0.392.